The first kappa shape index (κ1) is 15.6. The second-order valence-electron chi connectivity index (χ2n) is 7.12. The summed E-state index contributed by atoms with van der Waals surface area (Å²) in [6, 6.07) is 6.77. The first-order valence-corrected chi connectivity index (χ1v) is 8.97. The van der Waals surface area contributed by atoms with Crippen LogP contribution in [0.3, 0.4) is 0 Å². The van der Waals surface area contributed by atoms with Crippen LogP contribution in [0.2, 0.25) is 10.0 Å². The third kappa shape index (κ3) is 2.98. The van der Waals surface area contributed by atoms with Crippen molar-refractivity contribution in [1.82, 2.24) is 5.32 Å². The van der Waals surface area contributed by atoms with E-state index in [-0.39, 0.29) is 5.41 Å². The molecule has 0 spiro atoms. The molecule has 1 aromatic carbocycles. The Balaban J connectivity index is 1.85. The molecule has 2 saturated carbocycles. The summed E-state index contributed by atoms with van der Waals surface area (Å²) in [7, 11) is 0. The normalized spacial score (nSPS) is 22.9. The van der Waals surface area contributed by atoms with E-state index < -0.39 is 0 Å². The molecule has 1 N–H and O–H groups in total. The van der Waals surface area contributed by atoms with Crippen molar-refractivity contribution in [3.05, 3.63) is 33.8 Å². The highest BCUT2D eigenvalue weighted by molar-refractivity contribution is 6.35. The van der Waals surface area contributed by atoms with E-state index in [1.54, 1.807) is 0 Å². The van der Waals surface area contributed by atoms with Gasteiger partial charge in [-0.15, -0.1) is 0 Å². The number of halogens is 2. The highest BCUT2D eigenvalue weighted by atomic mass is 35.5. The molecule has 2 aliphatic rings. The molecule has 3 heteroatoms. The minimum absolute atomic E-state index is 0.205. The van der Waals surface area contributed by atoms with Crippen molar-refractivity contribution in [2.75, 3.05) is 6.54 Å². The molecule has 0 heterocycles. The lowest BCUT2D eigenvalue weighted by Gasteiger charge is -2.57. The maximum Gasteiger partial charge on any atom is 0.0458 e. The van der Waals surface area contributed by atoms with E-state index in [4.69, 9.17) is 23.2 Å². The summed E-state index contributed by atoms with van der Waals surface area (Å²) in [5.74, 6) is 0. The average Bonchev–Trinajstić information content (AvgIpc) is 3.23. The smallest absolute Gasteiger partial charge is 0.0458 e. The maximum absolute atomic E-state index is 6.52. The van der Waals surface area contributed by atoms with Gasteiger partial charge in [-0.2, -0.15) is 0 Å². The standard InChI is InChI=1S/C18H25Cl2N/c1-3-17(4-2)10-18(11-17,12-21-14-6-7-14)15-8-5-13(19)9-16(15)20/h5,8-9,14,21H,3-4,6-7,10-12H2,1-2H3. The van der Waals surface area contributed by atoms with Crippen LogP contribution in [0.5, 0.6) is 0 Å². The van der Waals surface area contributed by atoms with Gasteiger partial charge >= 0.3 is 0 Å². The van der Waals surface area contributed by atoms with Crippen molar-refractivity contribution < 1.29 is 0 Å². The van der Waals surface area contributed by atoms with Crippen molar-refractivity contribution in [2.45, 2.75) is 63.8 Å². The summed E-state index contributed by atoms with van der Waals surface area (Å²) >= 11 is 12.6. The Bertz CT molecular complexity index is 510. The second-order valence-corrected chi connectivity index (χ2v) is 7.96. The number of hydrogen-bond acceptors (Lipinski definition) is 1. The van der Waals surface area contributed by atoms with Crippen molar-refractivity contribution in [3.8, 4) is 0 Å². The zero-order chi connectivity index (χ0) is 15.1. The van der Waals surface area contributed by atoms with Gasteiger partial charge in [0.25, 0.3) is 0 Å². The predicted molar refractivity (Wildman–Crippen MR) is 91.4 cm³/mol. The van der Waals surface area contributed by atoms with Crippen LogP contribution in [0.4, 0.5) is 0 Å². The molecule has 0 atom stereocenters. The fourth-order valence-electron chi connectivity index (χ4n) is 4.09. The van der Waals surface area contributed by atoms with Crippen molar-refractivity contribution >= 4 is 23.2 Å². The first-order chi connectivity index (χ1) is 10.0. The maximum atomic E-state index is 6.52. The zero-order valence-corrected chi connectivity index (χ0v) is 14.5. The predicted octanol–water partition coefficient (Wildman–Crippen LogP) is 5.58. The van der Waals surface area contributed by atoms with E-state index in [9.17, 15) is 0 Å². The van der Waals surface area contributed by atoms with Gasteiger partial charge in [0.05, 0.1) is 0 Å². The fourth-order valence-corrected chi connectivity index (χ4v) is 4.70. The van der Waals surface area contributed by atoms with Crippen LogP contribution in [-0.4, -0.2) is 12.6 Å². The monoisotopic (exact) mass is 325 g/mol. The summed E-state index contributed by atoms with van der Waals surface area (Å²) in [6.45, 7) is 5.71. The minimum atomic E-state index is 0.205. The lowest BCUT2D eigenvalue weighted by molar-refractivity contribution is 0.0127. The Kier molecular flexibility index (Phi) is 4.29. The Hall–Kier alpha value is -0.240. The third-order valence-electron chi connectivity index (χ3n) is 5.74. The van der Waals surface area contributed by atoms with Crippen LogP contribution in [0, 0.1) is 5.41 Å². The molecule has 0 bridgehead atoms. The number of nitrogens with one attached hydrogen (secondary N) is 1. The van der Waals surface area contributed by atoms with Gasteiger partial charge in [-0.3, -0.25) is 0 Å². The molecule has 0 amide bonds. The van der Waals surface area contributed by atoms with Crippen LogP contribution in [-0.2, 0) is 5.41 Å². The van der Waals surface area contributed by atoms with Crippen molar-refractivity contribution in [3.63, 3.8) is 0 Å². The Morgan fingerprint density at radius 2 is 1.81 bits per heavy atom. The molecule has 21 heavy (non-hydrogen) atoms. The van der Waals surface area contributed by atoms with E-state index >= 15 is 0 Å². The highest BCUT2D eigenvalue weighted by Crippen LogP contribution is 2.60. The van der Waals surface area contributed by atoms with Gasteiger partial charge in [0.1, 0.15) is 0 Å². The van der Waals surface area contributed by atoms with Crippen molar-refractivity contribution in [2.24, 2.45) is 5.41 Å². The molecule has 3 rings (SSSR count). The Labute approximate surface area is 138 Å². The van der Waals surface area contributed by atoms with Gasteiger partial charge in [0.15, 0.2) is 0 Å². The molecule has 116 valence electrons. The van der Waals surface area contributed by atoms with E-state index in [2.05, 4.69) is 25.2 Å². The number of hydrogen-bond donors (Lipinski definition) is 1. The zero-order valence-electron chi connectivity index (χ0n) is 13.0. The van der Waals surface area contributed by atoms with Crippen LogP contribution in [0.25, 0.3) is 0 Å². The lowest BCUT2D eigenvalue weighted by atomic mass is 9.48. The molecule has 0 aromatic heterocycles. The molecule has 0 unspecified atom stereocenters. The second kappa shape index (κ2) is 5.76. The first-order valence-electron chi connectivity index (χ1n) is 8.21. The number of rotatable bonds is 6. The van der Waals surface area contributed by atoms with E-state index in [0.29, 0.717) is 5.41 Å². The van der Waals surface area contributed by atoms with Crippen molar-refractivity contribution in [1.29, 1.82) is 0 Å². The van der Waals surface area contributed by atoms with Gasteiger partial charge in [-0.1, -0.05) is 56.0 Å². The quantitative estimate of drug-likeness (QED) is 0.719. The van der Waals surface area contributed by atoms with Gasteiger partial charge in [0, 0.05) is 28.0 Å². The minimum Gasteiger partial charge on any atom is -0.313 e. The van der Waals surface area contributed by atoms with E-state index in [1.165, 1.54) is 44.1 Å². The summed E-state index contributed by atoms with van der Waals surface area (Å²) in [5.41, 5.74) is 2.00. The molecular formula is C18H25Cl2N. The van der Waals surface area contributed by atoms with E-state index in [1.807, 2.05) is 12.1 Å². The van der Waals surface area contributed by atoms with E-state index in [0.717, 1.165) is 22.6 Å². The molecule has 0 radical (unpaired) electrons. The Morgan fingerprint density at radius 3 is 2.33 bits per heavy atom. The van der Waals surface area contributed by atoms with Crippen LogP contribution >= 0.6 is 23.2 Å². The van der Waals surface area contributed by atoms with Crippen LogP contribution in [0.15, 0.2) is 18.2 Å². The summed E-state index contributed by atoms with van der Waals surface area (Å²) < 4.78 is 0. The van der Waals surface area contributed by atoms with Gasteiger partial charge < -0.3 is 5.32 Å². The molecule has 1 aromatic rings. The van der Waals surface area contributed by atoms with Crippen LogP contribution in [0.1, 0.15) is 57.9 Å². The van der Waals surface area contributed by atoms with Crippen LogP contribution < -0.4 is 5.32 Å². The fraction of sp³-hybridized carbons (Fsp3) is 0.667. The van der Waals surface area contributed by atoms with Gasteiger partial charge in [-0.05, 0) is 48.8 Å². The highest BCUT2D eigenvalue weighted by Gasteiger charge is 2.53. The SMILES string of the molecule is CCC1(CC)CC(CNC2CC2)(c2ccc(Cl)cc2Cl)C1. The average molecular weight is 326 g/mol. The molecular weight excluding hydrogens is 301 g/mol. The van der Waals surface area contributed by atoms with Gasteiger partial charge in [0.2, 0.25) is 0 Å². The third-order valence-corrected chi connectivity index (χ3v) is 6.28. The molecule has 2 fully saturated rings. The summed E-state index contributed by atoms with van der Waals surface area (Å²) in [4.78, 5) is 0. The molecule has 1 nitrogen and oxygen atoms in total. The molecule has 0 saturated heterocycles. The largest absolute Gasteiger partial charge is 0.313 e. The lowest BCUT2D eigenvalue weighted by Crippen LogP contribution is -2.54. The van der Waals surface area contributed by atoms with Gasteiger partial charge in [-0.25, -0.2) is 0 Å². The summed E-state index contributed by atoms with van der Waals surface area (Å²) in [5, 5.41) is 5.30. The topological polar surface area (TPSA) is 12.0 Å². The number of benzene rings is 1. The Morgan fingerprint density at radius 1 is 1.14 bits per heavy atom. The molecule has 2 aliphatic carbocycles. The molecule has 0 aliphatic heterocycles. The summed E-state index contributed by atoms with van der Waals surface area (Å²) in [6.07, 6.45) is 7.68.